The number of nitrogens with zero attached hydrogens (tertiary/aromatic N) is 1. The topological polar surface area (TPSA) is 15.3 Å². The Hall–Kier alpha value is -0.0800. The predicted octanol–water partition coefficient (Wildman–Crippen LogP) is 3.56. The molecule has 0 aromatic heterocycles. The lowest BCUT2D eigenvalue weighted by atomic mass is 9.83. The highest BCUT2D eigenvalue weighted by atomic mass is 15.2. The second-order valence-electron chi connectivity index (χ2n) is 6.30. The molecule has 1 saturated carbocycles. The molecule has 0 aromatic rings. The van der Waals surface area contributed by atoms with Crippen LogP contribution in [-0.4, -0.2) is 36.1 Å². The summed E-state index contributed by atoms with van der Waals surface area (Å²) in [7, 11) is 0. The second-order valence-corrected chi connectivity index (χ2v) is 6.30. The highest BCUT2D eigenvalue weighted by Gasteiger charge is 2.45. The standard InChI is InChI=1S/C16H32N2/c1-3-9-15(17-12-4-2)16(10-5-6-11-16)18-13-7-8-14-18/h15,17H,3-14H2,1-2H3. The Labute approximate surface area is 114 Å². The number of nitrogens with one attached hydrogen (secondary N) is 1. The summed E-state index contributed by atoms with van der Waals surface area (Å²) >= 11 is 0. The first-order valence-corrected chi connectivity index (χ1v) is 8.32. The lowest BCUT2D eigenvalue weighted by Crippen LogP contribution is -2.59. The van der Waals surface area contributed by atoms with Gasteiger partial charge in [-0.25, -0.2) is 0 Å². The van der Waals surface area contributed by atoms with Crippen LogP contribution in [0.4, 0.5) is 0 Å². The van der Waals surface area contributed by atoms with Crippen LogP contribution in [-0.2, 0) is 0 Å². The zero-order chi connectivity index (χ0) is 12.8. The van der Waals surface area contributed by atoms with Crippen molar-refractivity contribution in [2.75, 3.05) is 19.6 Å². The molecule has 2 fully saturated rings. The average Bonchev–Trinajstić information content (AvgIpc) is 3.04. The molecule has 1 heterocycles. The van der Waals surface area contributed by atoms with E-state index < -0.39 is 0 Å². The fraction of sp³-hybridized carbons (Fsp3) is 1.00. The second kappa shape index (κ2) is 6.91. The molecule has 2 aliphatic rings. The van der Waals surface area contributed by atoms with Crippen molar-refractivity contribution in [2.45, 2.75) is 83.2 Å². The fourth-order valence-electron chi connectivity index (χ4n) is 4.20. The van der Waals surface area contributed by atoms with Gasteiger partial charge in [-0.05, 0) is 58.2 Å². The molecule has 1 aliphatic carbocycles. The Bertz CT molecular complexity index is 227. The first kappa shape index (κ1) is 14.3. The van der Waals surface area contributed by atoms with Crippen molar-refractivity contribution in [3.63, 3.8) is 0 Å². The van der Waals surface area contributed by atoms with Gasteiger partial charge < -0.3 is 5.32 Å². The van der Waals surface area contributed by atoms with Crippen LogP contribution in [0.1, 0.15) is 71.6 Å². The lowest BCUT2D eigenvalue weighted by molar-refractivity contribution is 0.0726. The monoisotopic (exact) mass is 252 g/mol. The summed E-state index contributed by atoms with van der Waals surface area (Å²) in [5.41, 5.74) is 0.516. The van der Waals surface area contributed by atoms with Gasteiger partial charge >= 0.3 is 0 Å². The van der Waals surface area contributed by atoms with Crippen LogP contribution in [0.2, 0.25) is 0 Å². The number of rotatable bonds is 7. The summed E-state index contributed by atoms with van der Waals surface area (Å²) in [5.74, 6) is 0. The maximum Gasteiger partial charge on any atom is 0.0362 e. The van der Waals surface area contributed by atoms with Gasteiger partial charge in [0.15, 0.2) is 0 Å². The molecule has 1 atom stereocenters. The summed E-state index contributed by atoms with van der Waals surface area (Å²) < 4.78 is 0. The van der Waals surface area contributed by atoms with Crippen molar-refractivity contribution < 1.29 is 0 Å². The first-order chi connectivity index (χ1) is 8.83. The Morgan fingerprint density at radius 3 is 2.22 bits per heavy atom. The van der Waals surface area contributed by atoms with Crippen LogP contribution in [0.3, 0.4) is 0 Å². The zero-order valence-corrected chi connectivity index (χ0v) is 12.5. The van der Waals surface area contributed by atoms with Gasteiger partial charge in [0, 0.05) is 11.6 Å². The van der Waals surface area contributed by atoms with E-state index in [1.807, 2.05) is 0 Å². The van der Waals surface area contributed by atoms with Crippen LogP contribution in [0, 0.1) is 0 Å². The van der Waals surface area contributed by atoms with Gasteiger partial charge in [-0.1, -0.05) is 33.1 Å². The van der Waals surface area contributed by atoms with Gasteiger partial charge in [-0.2, -0.15) is 0 Å². The maximum absolute atomic E-state index is 3.89. The Balaban J connectivity index is 2.08. The molecule has 2 nitrogen and oxygen atoms in total. The van der Waals surface area contributed by atoms with Gasteiger partial charge in [0.05, 0.1) is 0 Å². The van der Waals surface area contributed by atoms with E-state index in [1.165, 1.54) is 77.4 Å². The minimum absolute atomic E-state index is 0.516. The van der Waals surface area contributed by atoms with Gasteiger partial charge in [0.2, 0.25) is 0 Å². The predicted molar refractivity (Wildman–Crippen MR) is 79.0 cm³/mol. The van der Waals surface area contributed by atoms with Crippen LogP contribution < -0.4 is 5.32 Å². The molecule has 0 radical (unpaired) electrons. The Morgan fingerprint density at radius 2 is 1.67 bits per heavy atom. The van der Waals surface area contributed by atoms with E-state index in [2.05, 4.69) is 24.1 Å². The molecule has 2 heteroatoms. The quantitative estimate of drug-likeness (QED) is 0.745. The molecule has 1 saturated heterocycles. The van der Waals surface area contributed by atoms with Crippen LogP contribution in [0.15, 0.2) is 0 Å². The highest BCUT2D eigenvalue weighted by molar-refractivity contribution is 5.04. The lowest BCUT2D eigenvalue weighted by Gasteiger charge is -2.45. The molecule has 2 rings (SSSR count). The van der Waals surface area contributed by atoms with E-state index in [1.54, 1.807) is 0 Å². The molecule has 0 amide bonds. The normalized spacial score (nSPS) is 25.7. The molecule has 1 aliphatic heterocycles. The maximum atomic E-state index is 3.89. The third-order valence-corrected chi connectivity index (χ3v) is 5.07. The molecule has 106 valence electrons. The summed E-state index contributed by atoms with van der Waals surface area (Å²) in [6.07, 6.45) is 12.6. The van der Waals surface area contributed by atoms with Gasteiger partial charge in [0.1, 0.15) is 0 Å². The van der Waals surface area contributed by atoms with E-state index >= 15 is 0 Å². The average molecular weight is 252 g/mol. The van der Waals surface area contributed by atoms with E-state index in [0.29, 0.717) is 5.54 Å². The van der Waals surface area contributed by atoms with Crippen molar-refractivity contribution in [1.82, 2.24) is 10.2 Å². The van der Waals surface area contributed by atoms with Crippen molar-refractivity contribution in [3.05, 3.63) is 0 Å². The Kier molecular flexibility index (Phi) is 5.50. The molecular formula is C16H32N2. The first-order valence-electron chi connectivity index (χ1n) is 8.32. The Morgan fingerprint density at radius 1 is 1.00 bits per heavy atom. The van der Waals surface area contributed by atoms with Gasteiger partial charge in [-0.15, -0.1) is 0 Å². The molecule has 1 N–H and O–H groups in total. The third kappa shape index (κ3) is 2.91. The summed E-state index contributed by atoms with van der Waals surface area (Å²) in [6.45, 7) is 8.53. The van der Waals surface area contributed by atoms with E-state index in [4.69, 9.17) is 0 Å². The minimum atomic E-state index is 0.516. The smallest absolute Gasteiger partial charge is 0.0362 e. The van der Waals surface area contributed by atoms with Crippen LogP contribution in [0.25, 0.3) is 0 Å². The van der Waals surface area contributed by atoms with Gasteiger partial charge in [-0.3, -0.25) is 4.90 Å². The number of likely N-dealkylation sites (tertiary alicyclic amines) is 1. The molecule has 0 spiro atoms. The number of hydrogen-bond donors (Lipinski definition) is 1. The summed E-state index contributed by atoms with van der Waals surface area (Å²) in [4.78, 5) is 2.85. The molecule has 1 unspecified atom stereocenters. The van der Waals surface area contributed by atoms with E-state index in [-0.39, 0.29) is 0 Å². The fourth-order valence-corrected chi connectivity index (χ4v) is 4.20. The molecular weight excluding hydrogens is 220 g/mol. The molecule has 0 aromatic carbocycles. The van der Waals surface area contributed by atoms with Crippen LogP contribution >= 0.6 is 0 Å². The SMILES string of the molecule is CCCNC(CCC)C1(N2CCCC2)CCCC1. The van der Waals surface area contributed by atoms with Crippen molar-refractivity contribution in [2.24, 2.45) is 0 Å². The minimum Gasteiger partial charge on any atom is -0.312 e. The molecule has 18 heavy (non-hydrogen) atoms. The van der Waals surface area contributed by atoms with E-state index in [0.717, 1.165) is 6.04 Å². The zero-order valence-electron chi connectivity index (χ0n) is 12.5. The third-order valence-electron chi connectivity index (χ3n) is 5.07. The van der Waals surface area contributed by atoms with E-state index in [9.17, 15) is 0 Å². The highest BCUT2D eigenvalue weighted by Crippen LogP contribution is 2.41. The summed E-state index contributed by atoms with van der Waals surface area (Å²) in [6, 6.07) is 0.739. The van der Waals surface area contributed by atoms with Crippen molar-refractivity contribution in [1.29, 1.82) is 0 Å². The van der Waals surface area contributed by atoms with Crippen molar-refractivity contribution in [3.8, 4) is 0 Å². The summed E-state index contributed by atoms with van der Waals surface area (Å²) in [5, 5.41) is 3.89. The van der Waals surface area contributed by atoms with Gasteiger partial charge in [0.25, 0.3) is 0 Å². The number of hydrogen-bond acceptors (Lipinski definition) is 2. The van der Waals surface area contributed by atoms with Crippen molar-refractivity contribution >= 4 is 0 Å². The molecule has 0 bridgehead atoms. The van der Waals surface area contributed by atoms with Crippen LogP contribution in [0.5, 0.6) is 0 Å². The largest absolute Gasteiger partial charge is 0.312 e.